The molecule has 2 aromatic carbocycles. The van der Waals surface area contributed by atoms with Gasteiger partial charge in [-0.05, 0) is 36.4 Å². The van der Waals surface area contributed by atoms with Crippen LogP contribution < -0.4 is 10.6 Å². The van der Waals surface area contributed by atoms with Gasteiger partial charge in [0.15, 0.2) is 4.91 Å². The lowest BCUT2D eigenvalue weighted by atomic mass is 10.1. The van der Waals surface area contributed by atoms with Crippen molar-refractivity contribution in [2.75, 3.05) is 4.90 Å². The van der Waals surface area contributed by atoms with Gasteiger partial charge >= 0.3 is 0 Å². The van der Waals surface area contributed by atoms with Crippen molar-refractivity contribution in [2.45, 2.75) is 4.90 Å². The molecule has 3 rings (SSSR count). The van der Waals surface area contributed by atoms with Crippen molar-refractivity contribution in [1.82, 2.24) is 0 Å². The number of nitrogens with zero attached hydrogens (tertiary/aromatic N) is 2. The van der Waals surface area contributed by atoms with E-state index in [2.05, 4.69) is 0 Å². The molecule has 6 nitrogen and oxygen atoms in total. The van der Waals surface area contributed by atoms with Crippen LogP contribution in [0, 0.1) is 11.3 Å². The first-order valence-corrected chi connectivity index (χ1v) is 8.08. The topological polar surface area (TPSA) is 104 Å². The Morgan fingerprint density at radius 1 is 1.09 bits per heavy atom. The molecule has 0 fully saturated rings. The number of carbonyl (C=O) groups is 1. The lowest BCUT2D eigenvalue weighted by Crippen LogP contribution is -2.21. The molecule has 0 bridgehead atoms. The van der Waals surface area contributed by atoms with Crippen molar-refractivity contribution in [2.24, 2.45) is 5.73 Å². The van der Waals surface area contributed by atoms with Crippen LogP contribution >= 0.6 is 0 Å². The predicted octanol–water partition coefficient (Wildman–Crippen LogP) is 2.08. The van der Waals surface area contributed by atoms with E-state index in [1.807, 2.05) is 0 Å². The number of allylic oxidation sites excluding steroid dienone is 1. The van der Waals surface area contributed by atoms with Crippen LogP contribution in [0.5, 0.6) is 0 Å². The van der Waals surface area contributed by atoms with E-state index in [9.17, 15) is 13.2 Å². The fraction of sp³-hybridized carbons (Fsp3) is 0. The fourth-order valence-electron chi connectivity index (χ4n) is 2.35. The molecule has 2 N–H and O–H groups in total. The molecule has 0 aromatic heterocycles. The van der Waals surface area contributed by atoms with Crippen molar-refractivity contribution in [3.63, 3.8) is 0 Å². The van der Waals surface area contributed by atoms with Gasteiger partial charge in [-0.2, -0.15) is 5.26 Å². The third-order valence-corrected chi connectivity index (χ3v) is 5.19. The Morgan fingerprint density at radius 3 is 2.35 bits per heavy atom. The highest BCUT2D eigenvalue weighted by Crippen LogP contribution is 2.38. The standard InChI is InChI=1S/C16H11N3O3S/c17-9-13-10-19(12-7-5-11(6-8-12)16(18)20)14-3-1-2-4-15(14)23(13,21)22/h1-8,10H,(H2,18,20). The Bertz CT molecular complexity index is 970. The smallest absolute Gasteiger partial charge is 0.248 e. The number of primary amides is 1. The van der Waals surface area contributed by atoms with Crippen molar-refractivity contribution in [3.05, 3.63) is 65.2 Å². The van der Waals surface area contributed by atoms with Crippen LogP contribution in [0.4, 0.5) is 11.4 Å². The van der Waals surface area contributed by atoms with E-state index in [0.29, 0.717) is 16.9 Å². The quantitative estimate of drug-likeness (QED) is 0.910. The Hall–Kier alpha value is -3.11. The number of hydrogen-bond acceptors (Lipinski definition) is 5. The molecule has 0 saturated heterocycles. The predicted molar refractivity (Wildman–Crippen MR) is 84.4 cm³/mol. The van der Waals surface area contributed by atoms with Gasteiger partial charge in [0, 0.05) is 17.5 Å². The van der Waals surface area contributed by atoms with E-state index in [-0.39, 0.29) is 9.80 Å². The Kier molecular flexibility index (Phi) is 3.39. The molecule has 2 aromatic rings. The van der Waals surface area contributed by atoms with Crippen LogP contribution in [-0.2, 0) is 9.84 Å². The molecular weight excluding hydrogens is 314 g/mol. The number of nitrogens with two attached hydrogens (primary N) is 1. The van der Waals surface area contributed by atoms with Crippen molar-refractivity contribution < 1.29 is 13.2 Å². The summed E-state index contributed by atoms with van der Waals surface area (Å²) in [5, 5.41) is 9.15. The van der Waals surface area contributed by atoms with Crippen molar-refractivity contribution in [1.29, 1.82) is 5.26 Å². The molecule has 0 aliphatic carbocycles. The van der Waals surface area contributed by atoms with Gasteiger partial charge in [-0.3, -0.25) is 4.79 Å². The van der Waals surface area contributed by atoms with Crippen LogP contribution in [0.2, 0.25) is 0 Å². The highest BCUT2D eigenvalue weighted by atomic mass is 32.2. The molecule has 23 heavy (non-hydrogen) atoms. The minimum Gasteiger partial charge on any atom is -0.366 e. The van der Waals surface area contributed by atoms with E-state index >= 15 is 0 Å². The number of sulfone groups is 1. The second kappa shape index (κ2) is 5.26. The molecule has 0 unspecified atom stereocenters. The number of nitriles is 1. The van der Waals surface area contributed by atoms with E-state index in [0.717, 1.165) is 0 Å². The van der Waals surface area contributed by atoms with Gasteiger partial charge in [0.25, 0.3) is 0 Å². The molecule has 0 radical (unpaired) electrons. The Labute approximate surface area is 133 Å². The molecule has 0 spiro atoms. The maximum atomic E-state index is 12.4. The van der Waals surface area contributed by atoms with Gasteiger partial charge < -0.3 is 10.6 Å². The molecule has 1 heterocycles. The highest BCUT2D eigenvalue weighted by molar-refractivity contribution is 7.95. The number of fused-ring (bicyclic) bond motifs is 1. The summed E-state index contributed by atoms with van der Waals surface area (Å²) in [4.78, 5) is 12.5. The first kappa shape index (κ1) is 14.8. The number of amides is 1. The van der Waals surface area contributed by atoms with Crippen LogP contribution in [0.1, 0.15) is 10.4 Å². The van der Waals surface area contributed by atoms with Gasteiger partial charge in [-0.25, -0.2) is 8.42 Å². The second-order valence-corrected chi connectivity index (χ2v) is 6.74. The third kappa shape index (κ3) is 2.35. The molecule has 0 atom stereocenters. The number of benzene rings is 2. The summed E-state index contributed by atoms with van der Waals surface area (Å²) < 4.78 is 24.8. The first-order valence-electron chi connectivity index (χ1n) is 6.60. The van der Waals surface area contributed by atoms with Gasteiger partial charge in [-0.1, -0.05) is 12.1 Å². The molecule has 1 aliphatic heterocycles. The molecule has 114 valence electrons. The lowest BCUT2D eigenvalue weighted by Gasteiger charge is -2.27. The van der Waals surface area contributed by atoms with Crippen LogP contribution in [-0.4, -0.2) is 14.3 Å². The summed E-state index contributed by atoms with van der Waals surface area (Å²) in [5.74, 6) is -0.550. The number of anilines is 2. The summed E-state index contributed by atoms with van der Waals surface area (Å²) in [5.41, 5.74) is 6.61. The van der Waals surface area contributed by atoms with E-state index < -0.39 is 15.7 Å². The average Bonchev–Trinajstić information content (AvgIpc) is 2.55. The summed E-state index contributed by atoms with van der Waals surface area (Å²) >= 11 is 0. The maximum absolute atomic E-state index is 12.4. The molecule has 1 amide bonds. The number of rotatable bonds is 2. The Morgan fingerprint density at radius 2 is 1.74 bits per heavy atom. The third-order valence-electron chi connectivity index (χ3n) is 3.49. The minimum atomic E-state index is -3.81. The first-order chi connectivity index (χ1) is 10.9. The Balaban J connectivity index is 2.19. The van der Waals surface area contributed by atoms with Crippen molar-refractivity contribution in [3.8, 4) is 6.07 Å². The molecular formula is C16H11N3O3S. The lowest BCUT2D eigenvalue weighted by molar-refractivity contribution is 0.100. The van der Waals surface area contributed by atoms with Gasteiger partial charge in [0.05, 0.1) is 10.6 Å². The van der Waals surface area contributed by atoms with Crippen LogP contribution in [0.15, 0.2) is 64.5 Å². The highest BCUT2D eigenvalue weighted by Gasteiger charge is 2.31. The van der Waals surface area contributed by atoms with Crippen LogP contribution in [0.3, 0.4) is 0 Å². The van der Waals surface area contributed by atoms with Gasteiger partial charge in [0.1, 0.15) is 6.07 Å². The van der Waals surface area contributed by atoms with Gasteiger partial charge in [0.2, 0.25) is 15.7 Å². The number of hydrogen-bond donors (Lipinski definition) is 1. The average molecular weight is 325 g/mol. The largest absolute Gasteiger partial charge is 0.366 e. The molecule has 0 saturated carbocycles. The zero-order chi connectivity index (χ0) is 16.6. The molecule has 1 aliphatic rings. The van der Waals surface area contributed by atoms with E-state index in [1.54, 1.807) is 53.4 Å². The summed E-state index contributed by atoms with van der Waals surface area (Å²) in [6, 6.07) is 14.5. The van der Waals surface area contributed by atoms with Crippen molar-refractivity contribution >= 4 is 27.1 Å². The number of carbonyl (C=O) groups excluding carboxylic acids is 1. The number of para-hydroxylation sites is 1. The summed E-state index contributed by atoms with van der Waals surface area (Å²) in [7, 11) is -3.81. The fourth-order valence-corrected chi connectivity index (χ4v) is 3.65. The van der Waals surface area contributed by atoms with E-state index in [1.165, 1.54) is 12.3 Å². The monoisotopic (exact) mass is 325 g/mol. The van der Waals surface area contributed by atoms with Gasteiger partial charge in [-0.15, -0.1) is 0 Å². The second-order valence-electron chi connectivity index (χ2n) is 4.86. The molecule has 7 heteroatoms. The normalized spacial score (nSPS) is 15.3. The SMILES string of the molecule is N#CC1=CN(c2ccc(C(N)=O)cc2)c2ccccc2S1(=O)=O. The van der Waals surface area contributed by atoms with Crippen LogP contribution in [0.25, 0.3) is 0 Å². The zero-order valence-electron chi connectivity index (χ0n) is 11.8. The maximum Gasteiger partial charge on any atom is 0.248 e. The zero-order valence-corrected chi connectivity index (χ0v) is 12.6. The van der Waals surface area contributed by atoms with E-state index in [4.69, 9.17) is 11.0 Å². The summed E-state index contributed by atoms with van der Waals surface area (Å²) in [6.45, 7) is 0. The summed E-state index contributed by atoms with van der Waals surface area (Å²) in [6.07, 6.45) is 1.27. The minimum absolute atomic E-state index is 0.0676.